The Labute approximate surface area is 154 Å². The summed E-state index contributed by atoms with van der Waals surface area (Å²) in [4.78, 5) is 23.5. The van der Waals surface area contributed by atoms with Crippen molar-refractivity contribution in [3.8, 4) is 0 Å². The average Bonchev–Trinajstić information content (AvgIpc) is 3.19. The molecule has 0 bridgehead atoms. The Kier molecular flexibility index (Phi) is 3.60. The predicted octanol–water partition coefficient (Wildman–Crippen LogP) is -0.438. The third kappa shape index (κ3) is 1.62. The van der Waals surface area contributed by atoms with Gasteiger partial charge in [-0.1, -0.05) is 11.6 Å². The van der Waals surface area contributed by atoms with Crippen LogP contribution in [0.15, 0.2) is 0 Å². The first kappa shape index (κ1) is 18.4. The summed E-state index contributed by atoms with van der Waals surface area (Å²) in [6.07, 6.45) is -2.28. The molecule has 26 heavy (non-hydrogen) atoms. The lowest BCUT2D eigenvalue weighted by Crippen LogP contribution is -2.70. The normalized spacial score (nSPS) is 49.7. The zero-order chi connectivity index (χ0) is 19.3. The second-order valence-electron chi connectivity index (χ2n) is 7.48. The molecule has 0 aromatic rings. The Hall–Kier alpha value is -0.970. The van der Waals surface area contributed by atoms with Crippen LogP contribution in [0, 0.1) is 11.8 Å². The number of halogens is 1. The van der Waals surface area contributed by atoms with Crippen molar-refractivity contribution < 1.29 is 43.1 Å². The number of carbonyl (C=O) groups excluding carboxylic acids is 2. The minimum atomic E-state index is -2.42. The lowest BCUT2D eigenvalue weighted by Gasteiger charge is -2.44. The summed E-state index contributed by atoms with van der Waals surface area (Å²) in [5.74, 6) is -6.96. The van der Waals surface area contributed by atoms with Gasteiger partial charge in [0, 0.05) is 26.1 Å². The Balaban J connectivity index is 1.97. The SMILES string of the molecule is COC(=O)[C@@]1(O)[C@@H]2[C@H]3OC(C)(C)O[C@H]3[C@@H]3OC(=O)[C@@](Cl)([C@@H]32)C1(OC)OC. The van der Waals surface area contributed by atoms with Crippen LogP contribution in [-0.2, 0) is 38.0 Å². The number of hydrogen-bond acceptors (Lipinski definition) is 9. The highest BCUT2D eigenvalue weighted by molar-refractivity contribution is 6.37. The minimum Gasteiger partial charge on any atom is -0.467 e. The minimum absolute atomic E-state index is 0.688. The first-order chi connectivity index (χ1) is 12.1. The Morgan fingerprint density at radius 2 is 1.65 bits per heavy atom. The highest BCUT2D eigenvalue weighted by atomic mass is 35.5. The van der Waals surface area contributed by atoms with Crippen LogP contribution in [0.4, 0.5) is 0 Å². The standard InChI is InChI=1S/C16H21ClO9/c1-13(2)25-9-7-6-8(10(9)26-13)24-11(18)14(6,17)16(22-4,23-5)15(7,20)12(19)21-3/h6-10,20H,1-5H3/t6-,7+,8-,9-,10+,14+,15+/m1/s1. The van der Waals surface area contributed by atoms with Crippen molar-refractivity contribution >= 4 is 23.5 Å². The van der Waals surface area contributed by atoms with Crippen LogP contribution in [0.3, 0.4) is 0 Å². The molecule has 0 radical (unpaired) electrons. The number of rotatable bonds is 3. The van der Waals surface area contributed by atoms with Crippen LogP contribution in [-0.4, -0.2) is 78.7 Å². The summed E-state index contributed by atoms with van der Waals surface area (Å²) in [7, 11) is 3.50. The molecule has 2 aliphatic carbocycles. The van der Waals surface area contributed by atoms with E-state index in [2.05, 4.69) is 0 Å². The first-order valence-corrected chi connectivity index (χ1v) is 8.60. The molecule has 2 saturated heterocycles. The van der Waals surface area contributed by atoms with E-state index >= 15 is 0 Å². The smallest absolute Gasteiger partial charge is 0.344 e. The van der Waals surface area contributed by atoms with Gasteiger partial charge >= 0.3 is 11.9 Å². The largest absolute Gasteiger partial charge is 0.467 e. The summed E-state index contributed by atoms with van der Waals surface area (Å²) in [6, 6.07) is 0. The fourth-order valence-corrected chi connectivity index (χ4v) is 5.99. The second-order valence-corrected chi connectivity index (χ2v) is 8.08. The monoisotopic (exact) mass is 392 g/mol. The number of aliphatic hydroxyl groups is 1. The lowest BCUT2D eigenvalue weighted by molar-refractivity contribution is -0.304. The van der Waals surface area contributed by atoms with Crippen molar-refractivity contribution in [2.24, 2.45) is 11.8 Å². The van der Waals surface area contributed by atoms with Crippen molar-refractivity contribution in [3.05, 3.63) is 0 Å². The molecular formula is C16H21ClO9. The summed E-state index contributed by atoms with van der Waals surface area (Å²) < 4.78 is 33.0. The van der Waals surface area contributed by atoms with E-state index in [1.807, 2.05) is 0 Å². The van der Waals surface area contributed by atoms with Crippen molar-refractivity contribution in [2.75, 3.05) is 21.3 Å². The van der Waals surface area contributed by atoms with Crippen molar-refractivity contribution in [3.63, 3.8) is 0 Å². The first-order valence-electron chi connectivity index (χ1n) is 8.22. The molecule has 2 heterocycles. The van der Waals surface area contributed by atoms with E-state index in [4.69, 9.17) is 40.0 Å². The predicted molar refractivity (Wildman–Crippen MR) is 83.0 cm³/mol. The average molecular weight is 393 g/mol. The fourth-order valence-electron chi connectivity index (χ4n) is 5.39. The number of esters is 2. The number of hydrogen-bond donors (Lipinski definition) is 1. The zero-order valence-corrected chi connectivity index (χ0v) is 15.7. The van der Waals surface area contributed by atoms with Crippen LogP contribution in [0.2, 0.25) is 0 Å². The van der Waals surface area contributed by atoms with Gasteiger partial charge in [0.05, 0.1) is 13.2 Å². The van der Waals surface area contributed by atoms with Crippen LogP contribution in [0.1, 0.15) is 13.8 Å². The van der Waals surface area contributed by atoms with Gasteiger partial charge in [-0.05, 0) is 13.8 Å². The number of alkyl halides is 1. The van der Waals surface area contributed by atoms with E-state index in [1.54, 1.807) is 13.8 Å². The van der Waals surface area contributed by atoms with Gasteiger partial charge in [0.25, 0.3) is 0 Å². The number of ether oxygens (including phenoxy) is 6. The van der Waals surface area contributed by atoms with E-state index in [9.17, 15) is 14.7 Å². The van der Waals surface area contributed by atoms with E-state index < -0.39 is 64.1 Å². The zero-order valence-electron chi connectivity index (χ0n) is 15.0. The van der Waals surface area contributed by atoms with Crippen LogP contribution >= 0.6 is 11.6 Å². The molecule has 0 amide bonds. The van der Waals surface area contributed by atoms with Gasteiger partial charge in [-0.25, -0.2) is 9.59 Å². The molecule has 0 unspecified atom stereocenters. The van der Waals surface area contributed by atoms with Crippen molar-refractivity contribution in [1.82, 2.24) is 0 Å². The summed E-state index contributed by atoms with van der Waals surface area (Å²) in [6.45, 7) is 3.38. The second kappa shape index (κ2) is 5.09. The molecule has 146 valence electrons. The Bertz CT molecular complexity index is 677. The summed E-state index contributed by atoms with van der Waals surface area (Å²) >= 11 is 6.74. The molecule has 0 spiro atoms. The topological polar surface area (TPSA) is 110 Å². The van der Waals surface area contributed by atoms with Gasteiger partial charge in [0.15, 0.2) is 5.79 Å². The van der Waals surface area contributed by atoms with Gasteiger partial charge in [-0.2, -0.15) is 0 Å². The third-order valence-corrected chi connectivity index (χ3v) is 6.77. The molecule has 0 aromatic carbocycles. The summed E-state index contributed by atoms with van der Waals surface area (Å²) in [5.41, 5.74) is -2.42. The molecule has 4 aliphatic rings. The van der Waals surface area contributed by atoms with E-state index in [0.717, 1.165) is 7.11 Å². The molecule has 1 N–H and O–H groups in total. The van der Waals surface area contributed by atoms with E-state index in [-0.39, 0.29) is 0 Å². The van der Waals surface area contributed by atoms with Crippen LogP contribution in [0.25, 0.3) is 0 Å². The number of fused-ring (bicyclic) bond motifs is 3. The van der Waals surface area contributed by atoms with E-state index in [1.165, 1.54) is 14.2 Å². The van der Waals surface area contributed by atoms with Crippen LogP contribution in [0.5, 0.6) is 0 Å². The molecule has 0 aromatic heterocycles. The number of carbonyl (C=O) groups is 2. The molecule has 10 heteroatoms. The molecule has 9 nitrogen and oxygen atoms in total. The molecule has 2 aliphatic heterocycles. The maximum Gasteiger partial charge on any atom is 0.344 e. The van der Waals surface area contributed by atoms with Gasteiger partial charge < -0.3 is 33.5 Å². The molecule has 4 rings (SSSR count). The van der Waals surface area contributed by atoms with Crippen molar-refractivity contribution in [2.45, 2.75) is 54.2 Å². The molecular weight excluding hydrogens is 372 g/mol. The summed E-state index contributed by atoms with van der Waals surface area (Å²) in [5, 5.41) is 11.6. The molecule has 2 saturated carbocycles. The lowest BCUT2D eigenvalue weighted by atomic mass is 9.83. The molecule has 4 fully saturated rings. The van der Waals surface area contributed by atoms with Gasteiger partial charge in [-0.3, -0.25) is 0 Å². The van der Waals surface area contributed by atoms with Crippen LogP contribution < -0.4 is 0 Å². The van der Waals surface area contributed by atoms with E-state index in [0.29, 0.717) is 0 Å². The fraction of sp³-hybridized carbons (Fsp3) is 0.875. The third-order valence-electron chi connectivity index (χ3n) is 6.12. The van der Waals surface area contributed by atoms with Gasteiger partial charge in [-0.15, -0.1) is 0 Å². The molecule has 7 atom stereocenters. The maximum atomic E-state index is 12.8. The van der Waals surface area contributed by atoms with Crippen molar-refractivity contribution in [1.29, 1.82) is 0 Å². The maximum absolute atomic E-state index is 12.8. The highest BCUT2D eigenvalue weighted by Gasteiger charge is 2.92. The number of methoxy groups -OCH3 is 3. The van der Waals surface area contributed by atoms with Gasteiger partial charge in [0.2, 0.25) is 16.3 Å². The quantitative estimate of drug-likeness (QED) is 0.388. The van der Waals surface area contributed by atoms with Gasteiger partial charge in [0.1, 0.15) is 12.2 Å². The highest BCUT2D eigenvalue weighted by Crippen LogP contribution is 2.70. The Morgan fingerprint density at radius 1 is 1.08 bits per heavy atom. The Morgan fingerprint density at radius 3 is 2.19 bits per heavy atom.